The van der Waals surface area contributed by atoms with Crippen molar-refractivity contribution < 1.29 is 0 Å². The zero-order valence-electron chi connectivity index (χ0n) is 30.7. The lowest BCUT2D eigenvalue weighted by Crippen LogP contribution is -2.14. The molecule has 0 bridgehead atoms. The van der Waals surface area contributed by atoms with Crippen molar-refractivity contribution in [1.29, 1.82) is 0 Å². The van der Waals surface area contributed by atoms with Crippen molar-refractivity contribution in [2.24, 2.45) is 0 Å². The minimum atomic E-state index is -0.0867. The van der Waals surface area contributed by atoms with Crippen LogP contribution in [0.25, 0.3) is 98.8 Å². The number of hydrogen-bond donors (Lipinski definition) is 0. The van der Waals surface area contributed by atoms with Gasteiger partial charge in [0, 0.05) is 38.0 Å². The summed E-state index contributed by atoms with van der Waals surface area (Å²) in [7, 11) is 0. The van der Waals surface area contributed by atoms with Crippen molar-refractivity contribution in [3.63, 3.8) is 0 Å². The first-order chi connectivity index (χ1) is 27.0. The Morgan fingerprint density at radius 2 is 0.964 bits per heavy atom. The van der Waals surface area contributed by atoms with Crippen LogP contribution in [0, 0.1) is 0 Å². The van der Waals surface area contributed by atoms with E-state index in [-0.39, 0.29) is 5.41 Å². The molecule has 55 heavy (non-hydrogen) atoms. The first-order valence-electron chi connectivity index (χ1n) is 19.3. The average molecular weight is 701 g/mol. The van der Waals surface area contributed by atoms with Gasteiger partial charge in [0.15, 0.2) is 0 Å². The lowest BCUT2D eigenvalue weighted by Gasteiger charge is -2.21. The summed E-state index contributed by atoms with van der Waals surface area (Å²) in [6.07, 6.45) is 0. The highest BCUT2D eigenvalue weighted by Crippen LogP contribution is 2.51. The van der Waals surface area contributed by atoms with Crippen LogP contribution >= 0.6 is 0 Å². The lowest BCUT2D eigenvalue weighted by atomic mass is 9.82. The Morgan fingerprint density at radius 3 is 1.80 bits per heavy atom. The van der Waals surface area contributed by atoms with Crippen molar-refractivity contribution in [2.75, 3.05) is 0 Å². The maximum atomic E-state index is 2.49. The number of para-hydroxylation sites is 1. The third kappa shape index (κ3) is 4.25. The zero-order valence-corrected chi connectivity index (χ0v) is 30.7. The third-order valence-corrected chi connectivity index (χ3v) is 12.5. The van der Waals surface area contributed by atoms with Gasteiger partial charge in [-0.05, 0) is 110 Å². The second-order valence-electron chi connectivity index (χ2n) is 15.8. The number of nitrogens with zero attached hydrogens (tertiary/aromatic N) is 2. The van der Waals surface area contributed by atoms with Crippen LogP contribution in [0.4, 0.5) is 0 Å². The fourth-order valence-electron chi connectivity index (χ4n) is 9.80. The van der Waals surface area contributed by atoms with Crippen molar-refractivity contribution >= 4 is 65.2 Å². The van der Waals surface area contributed by atoms with E-state index in [0.29, 0.717) is 0 Å². The van der Waals surface area contributed by atoms with Crippen LogP contribution in [-0.2, 0) is 5.41 Å². The third-order valence-electron chi connectivity index (χ3n) is 12.5. The summed E-state index contributed by atoms with van der Waals surface area (Å²) >= 11 is 0. The van der Waals surface area contributed by atoms with Crippen molar-refractivity contribution in [1.82, 2.24) is 9.13 Å². The van der Waals surface area contributed by atoms with E-state index >= 15 is 0 Å². The molecule has 0 spiro atoms. The molecule has 1 aliphatic rings. The first-order valence-corrected chi connectivity index (χ1v) is 19.3. The molecule has 2 heterocycles. The van der Waals surface area contributed by atoms with Crippen LogP contribution < -0.4 is 0 Å². The molecular formula is C53H36N2. The van der Waals surface area contributed by atoms with E-state index < -0.39 is 0 Å². The van der Waals surface area contributed by atoms with Crippen molar-refractivity contribution in [2.45, 2.75) is 19.3 Å². The number of hydrogen-bond acceptors (Lipinski definition) is 0. The van der Waals surface area contributed by atoms with Gasteiger partial charge >= 0.3 is 0 Å². The summed E-state index contributed by atoms with van der Waals surface area (Å²) in [5.74, 6) is 0. The Bertz CT molecular complexity index is 3400. The molecule has 2 nitrogen and oxygen atoms in total. The van der Waals surface area contributed by atoms with E-state index in [4.69, 9.17) is 0 Å². The molecule has 2 aromatic heterocycles. The van der Waals surface area contributed by atoms with Crippen LogP contribution in [0.15, 0.2) is 182 Å². The van der Waals surface area contributed by atoms with Gasteiger partial charge in [-0.2, -0.15) is 0 Å². The van der Waals surface area contributed by atoms with E-state index in [1.165, 1.54) is 110 Å². The van der Waals surface area contributed by atoms with E-state index in [2.05, 4.69) is 205 Å². The highest BCUT2D eigenvalue weighted by atomic mass is 15.0. The monoisotopic (exact) mass is 700 g/mol. The molecule has 0 atom stereocenters. The molecule has 258 valence electrons. The van der Waals surface area contributed by atoms with Gasteiger partial charge in [0.05, 0.1) is 27.8 Å². The maximum absolute atomic E-state index is 2.49. The van der Waals surface area contributed by atoms with Gasteiger partial charge in [-0.1, -0.05) is 135 Å². The fourth-order valence-corrected chi connectivity index (χ4v) is 9.80. The van der Waals surface area contributed by atoms with E-state index in [0.717, 1.165) is 0 Å². The van der Waals surface area contributed by atoms with Crippen LogP contribution in [-0.4, -0.2) is 9.13 Å². The summed E-state index contributed by atoms with van der Waals surface area (Å²) in [5, 5.41) is 10.1. The summed E-state index contributed by atoms with van der Waals surface area (Å²) in [6.45, 7) is 4.75. The molecule has 2 heteroatoms. The van der Waals surface area contributed by atoms with Gasteiger partial charge in [0.1, 0.15) is 0 Å². The van der Waals surface area contributed by atoms with Gasteiger partial charge in [-0.3, -0.25) is 0 Å². The first kappa shape index (κ1) is 30.6. The Balaban J connectivity index is 1.11. The molecule has 1 aliphatic carbocycles. The van der Waals surface area contributed by atoms with Gasteiger partial charge < -0.3 is 9.13 Å². The summed E-state index contributed by atoms with van der Waals surface area (Å²) in [5.41, 5.74) is 15.1. The van der Waals surface area contributed by atoms with Crippen LogP contribution in [0.3, 0.4) is 0 Å². The minimum absolute atomic E-state index is 0.0867. The SMILES string of the molecule is CC1(C)c2ccccc2-c2cc3c4cc(-c5ccc6c(c5)c5ccccc5n6-c5cccc6ccccc56)ccc4n(-c4ccc5ccccc5c4)c3cc21. The van der Waals surface area contributed by atoms with Gasteiger partial charge in [-0.25, -0.2) is 0 Å². The second-order valence-corrected chi connectivity index (χ2v) is 15.8. The number of aromatic nitrogens is 2. The Hall–Kier alpha value is -6.90. The number of rotatable bonds is 3. The molecule has 11 aromatic rings. The van der Waals surface area contributed by atoms with Gasteiger partial charge in [0.25, 0.3) is 0 Å². The lowest BCUT2D eigenvalue weighted by molar-refractivity contribution is 0.661. The Morgan fingerprint density at radius 1 is 0.345 bits per heavy atom. The molecule has 0 amide bonds. The molecule has 0 aliphatic heterocycles. The van der Waals surface area contributed by atoms with Gasteiger partial charge in [0.2, 0.25) is 0 Å². The minimum Gasteiger partial charge on any atom is -0.309 e. The average Bonchev–Trinajstić information content (AvgIpc) is 3.82. The maximum Gasteiger partial charge on any atom is 0.0544 e. The summed E-state index contributed by atoms with van der Waals surface area (Å²) in [4.78, 5) is 0. The summed E-state index contributed by atoms with van der Waals surface area (Å²) in [6, 6.07) is 67.7. The Labute approximate surface area is 319 Å². The normalized spacial score (nSPS) is 13.4. The highest BCUT2D eigenvalue weighted by molar-refractivity contribution is 6.14. The largest absolute Gasteiger partial charge is 0.309 e. The van der Waals surface area contributed by atoms with Crippen LogP contribution in [0.2, 0.25) is 0 Å². The second kappa shape index (κ2) is 11.1. The fraction of sp³-hybridized carbons (Fsp3) is 0.0566. The molecule has 9 aromatic carbocycles. The van der Waals surface area contributed by atoms with Crippen molar-refractivity contribution in [3.05, 3.63) is 193 Å². The molecule has 12 rings (SSSR count). The highest BCUT2D eigenvalue weighted by Gasteiger charge is 2.36. The molecule has 0 unspecified atom stereocenters. The predicted octanol–water partition coefficient (Wildman–Crippen LogP) is 14.2. The topological polar surface area (TPSA) is 9.86 Å². The Kier molecular flexibility index (Phi) is 6.15. The smallest absolute Gasteiger partial charge is 0.0544 e. The molecule has 0 N–H and O–H groups in total. The number of benzene rings is 9. The quantitative estimate of drug-likeness (QED) is 0.174. The number of fused-ring (bicyclic) bond motifs is 11. The van der Waals surface area contributed by atoms with Crippen LogP contribution in [0.5, 0.6) is 0 Å². The summed E-state index contributed by atoms with van der Waals surface area (Å²) < 4.78 is 4.93. The standard InChI is InChI=1S/C53H36N2/c1-53(2)46-19-9-7-17-40(46)42-31-45-44-30-37(23-26-50(44)54(52(45)32-47(42)53)38-25-22-33-12-3-4-14-35(33)28-38)36-24-27-51-43(29-36)41-18-8-10-20-49(41)55(51)48-21-11-15-34-13-5-6-16-39(34)48/h3-32H,1-2H3. The van der Waals surface area contributed by atoms with Crippen LogP contribution in [0.1, 0.15) is 25.0 Å². The van der Waals surface area contributed by atoms with Gasteiger partial charge in [-0.15, -0.1) is 0 Å². The van der Waals surface area contributed by atoms with E-state index in [1.807, 2.05) is 0 Å². The molecule has 0 saturated carbocycles. The van der Waals surface area contributed by atoms with Crippen molar-refractivity contribution in [3.8, 4) is 33.6 Å². The molecule has 0 saturated heterocycles. The van der Waals surface area contributed by atoms with E-state index in [9.17, 15) is 0 Å². The predicted molar refractivity (Wildman–Crippen MR) is 233 cm³/mol. The molecule has 0 fully saturated rings. The molecule has 0 radical (unpaired) electrons. The zero-order chi connectivity index (χ0) is 36.4. The van der Waals surface area contributed by atoms with E-state index in [1.54, 1.807) is 0 Å². The molecular weight excluding hydrogens is 665 g/mol.